The molecule has 1 aliphatic carbocycles. The number of hydrogen-bond donors (Lipinski definition) is 2. The molecule has 0 bridgehead atoms. The van der Waals surface area contributed by atoms with Crippen LogP contribution in [0.3, 0.4) is 0 Å². The van der Waals surface area contributed by atoms with Crippen LogP contribution in [0, 0.1) is 0 Å². The van der Waals surface area contributed by atoms with E-state index in [1.165, 1.54) is 10.8 Å². The first-order chi connectivity index (χ1) is 14.2. The molecule has 0 saturated heterocycles. The van der Waals surface area contributed by atoms with Crippen LogP contribution in [-0.2, 0) is 0 Å². The van der Waals surface area contributed by atoms with Gasteiger partial charge in [0.2, 0.25) is 5.95 Å². The second kappa shape index (κ2) is 8.34. The van der Waals surface area contributed by atoms with Gasteiger partial charge in [-0.2, -0.15) is 4.98 Å². The largest absolute Gasteiger partial charge is 0.493 e. The van der Waals surface area contributed by atoms with Crippen LogP contribution in [0.4, 0.5) is 5.95 Å². The number of anilines is 1. The van der Waals surface area contributed by atoms with E-state index in [2.05, 4.69) is 20.3 Å². The molecule has 2 N–H and O–H groups in total. The van der Waals surface area contributed by atoms with E-state index < -0.39 is 5.69 Å². The molecule has 4 rings (SSSR count). The van der Waals surface area contributed by atoms with Crippen molar-refractivity contribution in [3.05, 3.63) is 51.3 Å². The lowest BCUT2D eigenvalue weighted by atomic mass is 10.2. The van der Waals surface area contributed by atoms with E-state index in [1.807, 2.05) is 24.3 Å². The summed E-state index contributed by atoms with van der Waals surface area (Å²) in [5.41, 5.74) is -0.516. The van der Waals surface area contributed by atoms with Gasteiger partial charge in [0.1, 0.15) is 12.0 Å². The summed E-state index contributed by atoms with van der Waals surface area (Å²) in [4.78, 5) is 36.4. The number of rotatable bonds is 7. The minimum absolute atomic E-state index is 0.0411. The number of nitrogens with zero attached hydrogens (tertiary/aromatic N) is 3. The fourth-order valence-corrected chi connectivity index (χ4v) is 3.66. The van der Waals surface area contributed by atoms with Crippen LogP contribution in [0.25, 0.3) is 11.0 Å². The molecule has 0 unspecified atom stereocenters. The summed E-state index contributed by atoms with van der Waals surface area (Å²) < 4.78 is 12.2. The SMILES string of the molecule is COc1ccccc1OCCNc1ncc2c(=O)n(C3CCCC3)c(=O)[nH]c2n1. The Kier molecular flexibility index (Phi) is 5.46. The lowest BCUT2D eigenvalue weighted by Crippen LogP contribution is -2.37. The Morgan fingerprint density at radius 3 is 2.72 bits per heavy atom. The van der Waals surface area contributed by atoms with E-state index in [0.29, 0.717) is 36.0 Å². The molecule has 152 valence electrons. The molecular formula is C20H23N5O4. The Bertz CT molecular complexity index is 1120. The first-order valence-electron chi connectivity index (χ1n) is 9.68. The predicted molar refractivity (Wildman–Crippen MR) is 109 cm³/mol. The zero-order valence-corrected chi connectivity index (χ0v) is 16.2. The molecule has 29 heavy (non-hydrogen) atoms. The first-order valence-corrected chi connectivity index (χ1v) is 9.68. The second-order valence-corrected chi connectivity index (χ2v) is 6.93. The third-order valence-electron chi connectivity index (χ3n) is 5.08. The van der Waals surface area contributed by atoms with Crippen LogP contribution in [0.15, 0.2) is 40.1 Å². The van der Waals surface area contributed by atoms with Crippen molar-refractivity contribution in [1.82, 2.24) is 19.5 Å². The van der Waals surface area contributed by atoms with Crippen LogP contribution in [0.5, 0.6) is 11.5 Å². The number of methoxy groups -OCH3 is 1. The third kappa shape index (κ3) is 3.94. The minimum Gasteiger partial charge on any atom is -0.493 e. The topological polar surface area (TPSA) is 111 Å². The van der Waals surface area contributed by atoms with Crippen molar-refractivity contribution >= 4 is 17.0 Å². The molecule has 1 aromatic carbocycles. The molecule has 9 heteroatoms. The zero-order valence-electron chi connectivity index (χ0n) is 16.2. The number of ether oxygens (including phenoxy) is 2. The quantitative estimate of drug-likeness (QED) is 0.587. The fourth-order valence-electron chi connectivity index (χ4n) is 3.66. The summed E-state index contributed by atoms with van der Waals surface area (Å²) in [5.74, 6) is 1.62. The summed E-state index contributed by atoms with van der Waals surface area (Å²) in [7, 11) is 1.59. The number of fused-ring (bicyclic) bond motifs is 1. The van der Waals surface area contributed by atoms with Crippen molar-refractivity contribution in [2.75, 3.05) is 25.6 Å². The summed E-state index contributed by atoms with van der Waals surface area (Å²) >= 11 is 0. The number of para-hydroxylation sites is 2. The highest BCUT2D eigenvalue weighted by atomic mass is 16.5. The van der Waals surface area contributed by atoms with Gasteiger partial charge in [0.05, 0.1) is 13.7 Å². The summed E-state index contributed by atoms with van der Waals surface area (Å²) in [6.45, 7) is 0.800. The first kappa shape index (κ1) is 19.0. The van der Waals surface area contributed by atoms with Crippen LogP contribution >= 0.6 is 0 Å². The molecule has 2 aromatic heterocycles. The second-order valence-electron chi connectivity index (χ2n) is 6.93. The van der Waals surface area contributed by atoms with Crippen LogP contribution in [-0.4, -0.2) is 39.8 Å². The molecule has 2 heterocycles. The molecule has 0 atom stereocenters. The predicted octanol–water partition coefficient (Wildman–Crippen LogP) is 2.09. The van der Waals surface area contributed by atoms with Gasteiger partial charge >= 0.3 is 5.69 Å². The number of benzene rings is 1. The van der Waals surface area contributed by atoms with E-state index in [4.69, 9.17) is 9.47 Å². The van der Waals surface area contributed by atoms with E-state index in [0.717, 1.165) is 25.7 Å². The normalized spacial score (nSPS) is 14.2. The van der Waals surface area contributed by atoms with Gasteiger partial charge in [-0.15, -0.1) is 0 Å². The van der Waals surface area contributed by atoms with Gasteiger partial charge in [-0.1, -0.05) is 25.0 Å². The molecule has 0 amide bonds. The van der Waals surface area contributed by atoms with Gasteiger partial charge in [-0.05, 0) is 25.0 Å². The fraction of sp³-hybridized carbons (Fsp3) is 0.400. The standard InChI is InChI=1S/C20H23N5O4/c1-28-15-8-4-5-9-16(15)29-11-10-21-19-22-12-14-17(23-19)24-20(27)25(18(14)26)13-6-2-3-7-13/h4-5,8-9,12-13H,2-3,6-7,10-11H2,1H3,(H2,21,22,23,24,27). The molecule has 9 nitrogen and oxygen atoms in total. The average Bonchev–Trinajstić information content (AvgIpc) is 3.25. The van der Waals surface area contributed by atoms with Gasteiger partial charge in [0.25, 0.3) is 5.56 Å². The van der Waals surface area contributed by atoms with Gasteiger partial charge in [0.15, 0.2) is 17.1 Å². The number of aromatic amines is 1. The number of hydrogen-bond acceptors (Lipinski definition) is 7. The molecule has 1 aliphatic rings. The van der Waals surface area contributed by atoms with Crippen LogP contribution in [0.1, 0.15) is 31.7 Å². The van der Waals surface area contributed by atoms with E-state index in [-0.39, 0.29) is 17.2 Å². The van der Waals surface area contributed by atoms with Gasteiger partial charge in [-0.3, -0.25) is 14.3 Å². The van der Waals surface area contributed by atoms with Crippen molar-refractivity contribution in [2.45, 2.75) is 31.7 Å². The molecule has 0 spiro atoms. The Morgan fingerprint density at radius 2 is 1.97 bits per heavy atom. The van der Waals surface area contributed by atoms with Crippen LogP contribution < -0.4 is 26.0 Å². The summed E-state index contributed by atoms with van der Waals surface area (Å²) in [6, 6.07) is 7.34. The molecular weight excluding hydrogens is 374 g/mol. The maximum atomic E-state index is 12.7. The van der Waals surface area contributed by atoms with E-state index >= 15 is 0 Å². The monoisotopic (exact) mass is 397 g/mol. The van der Waals surface area contributed by atoms with Crippen LogP contribution in [0.2, 0.25) is 0 Å². The Morgan fingerprint density at radius 1 is 1.21 bits per heavy atom. The lowest BCUT2D eigenvalue weighted by Gasteiger charge is -2.13. The van der Waals surface area contributed by atoms with Gasteiger partial charge in [-0.25, -0.2) is 9.78 Å². The zero-order chi connectivity index (χ0) is 20.2. The number of H-pyrrole nitrogens is 1. The maximum absolute atomic E-state index is 12.7. The summed E-state index contributed by atoms with van der Waals surface area (Å²) in [6.07, 6.45) is 5.22. The Balaban J connectivity index is 1.46. The summed E-state index contributed by atoms with van der Waals surface area (Å²) in [5, 5.41) is 3.35. The molecule has 0 aliphatic heterocycles. The van der Waals surface area contributed by atoms with E-state index in [9.17, 15) is 9.59 Å². The Hall–Kier alpha value is -3.36. The van der Waals surface area contributed by atoms with E-state index in [1.54, 1.807) is 7.11 Å². The van der Waals surface area contributed by atoms with Crippen molar-refractivity contribution < 1.29 is 9.47 Å². The molecule has 1 saturated carbocycles. The lowest BCUT2D eigenvalue weighted by molar-refractivity contribution is 0.305. The Labute approximate surface area is 166 Å². The van der Waals surface area contributed by atoms with Crippen molar-refractivity contribution in [3.63, 3.8) is 0 Å². The average molecular weight is 397 g/mol. The smallest absolute Gasteiger partial charge is 0.330 e. The number of aromatic nitrogens is 4. The van der Waals surface area contributed by atoms with Gasteiger partial charge in [0, 0.05) is 12.2 Å². The highest BCUT2D eigenvalue weighted by Crippen LogP contribution is 2.27. The number of nitrogens with one attached hydrogen (secondary N) is 2. The maximum Gasteiger partial charge on any atom is 0.330 e. The third-order valence-corrected chi connectivity index (χ3v) is 5.08. The van der Waals surface area contributed by atoms with Gasteiger partial charge < -0.3 is 14.8 Å². The highest BCUT2D eigenvalue weighted by molar-refractivity contribution is 5.73. The minimum atomic E-state index is -0.418. The van der Waals surface area contributed by atoms with Crippen molar-refractivity contribution in [3.8, 4) is 11.5 Å². The molecule has 3 aromatic rings. The molecule has 1 fully saturated rings. The van der Waals surface area contributed by atoms with Crippen molar-refractivity contribution in [2.24, 2.45) is 0 Å². The highest BCUT2D eigenvalue weighted by Gasteiger charge is 2.21. The van der Waals surface area contributed by atoms with Crippen molar-refractivity contribution in [1.29, 1.82) is 0 Å². The molecule has 0 radical (unpaired) electrons.